The monoisotopic (exact) mass is 448 g/mol. The lowest BCUT2D eigenvalue weighted by Gasteiger charge is -2.22. The summed E-state index contributed by atoms with van der Waals surface area (Å²) >= 11 is 1.54. The zero-order valence-electron chi connectivity index (χ0n) is 17.2. The highest BCUT2D eigenvalue weighted by atomic mass is 32.1. The molecule has 0 bridgehead atoms. The van der Waals surface area contributed by atoms with E-state index in [9.17, 15) is 14.4 Å². The predicted molar refractivity (Wildman–Crippen MR) is 119 cm³/mol. The first kappa shape index (κ1) is 20.2. The van der Waals surface area contributed by atoms with Gasteiger partial charge in [0, 0.05) is 12.1 Å². The number of anilines is 1. The molecule has 0 aliphatic carbocycles. The Morgan fingerprint density at radius 1 is 1.12 bits per heavy atom. The Labute approximate surface area is 188 Å². The Kier molecular flexibility index (Phi) is 5.10. The van der Waals surface area contributed by atoms with Gasteiger partial charge in [0.05, 0.1) is 16.9 Å². The van der Waals surface area contributed by atoms with Gasteiger partial charge >= 0.3 is 6.03 Å². The summed E-state index contributed by atoms with van der Waals surface area (Å²) in [5.41, 5.74) is 1.38. The van der Waals surface area contributed by atoms with Crippen LogP contribution in [0.5, 0.6) is 0 Å². The van der Waals surface area contributed by atoms with Gasteiger partial charge in [0.15, 0.2) is 0 Å². The lowest BCUT2D eigenvalue weighted by Crippen LogP contribution is -2.42. The highest BCUT2D eigenvalue weighted by Crippen LogP contribution is 2.34. The second kappa shape index (κ2) is 8.08. The largest absolute Gasteiger partial charge is 0.467 e. The van der Waals surface area contributed by atoms with Crippen molar-refractivity contribution in [2.24, 2.45) is 5.10 Å². The number of amides is 4. The van der Waals surface area contributed by atoms with Gasteiger partial charge in [0.25, 0.3) is 11.8 Å². The van der Waals surface area contributed by atoms with Crippen molar-refractivity contribution in [3.8, 4) is 0 Å². The fourth-order valence-electron chi connectivity index (χ4n) is 4.04. The number of carbonyl (C=O) groups is 3. The maximum atomic E-state index is 13.3. The van der Waals surface area contributed by atoms with Crippen molar-refractivity contribution in [3.05, 3.63) is 76.9 Å². The maximum absolute atomic E-state index is 13.3. The minimum absolute atomic E-state index is 0.385. The van der Waals surface area contributed by atoms with Gasteiger partial charge in [-0.25, -0.2) is 9.80 Å². The number of benzene rings is 1. The molecular weight excluding hydrogens is 428 g/mol. The molecule has 1 fully saturated rings. The molecule has 162 valence electrons. The Morgan fingerprint density at radius 3 is 2.62 bits per heavy atom. The Morgan fingerprint density at radius 2 is 1.94 bits per heavy atom. The molecular formula is C23H20N4O4S. The molecule has 8 nitrogen and oxygen atoms in total. The molecule has 0 unspecified atom stereocenters. The first-order valence-corrected chi connectivity index (χ1v) is 11.1. The number of thiophene rings is 1. The summed E-state index contributed by atoms with van der Waals surface area (Å²) in [6.45, 7) is 1.27. The van der Waals surface area contributed by atoms with E-state index in [0.717, 1.165) is 15.5 Å². The van der Waals surface area contributed by atoms with E-state index in [1.165, 1.54) is 9.91 Å². The van der Waals surface area contributed by atoms with Crippen LogP contribution in [-0.2, 0) is 9.59 Å². The van der Waals surface area contributed by atoms with Gasteiger partial charge < -0.3 is 4.42 Å². The van der Waals surface area contributed by atoms with E-state index in [4.69, 9.17) is 4.42 Å². The highest BCUT2D eigenvalue weighted by Gasteiger charge is 2.45. The van der Waals surface area contributed by atoms with Crippen LogP contribution in [0.25, 0.3) is 0 Å². The normalized spacial score (nSPS) is 20.9. The van der Waals surface area contributed by atoms with Gasteiger partial charge in [-0.2, -0.15) is 5.10 Å². The summed E-state index contributed by atoms with van der Waals surface area (Å²) in [5.74, 6) is -0.253. The maximum Gasteiger partial charge on any atom is 0.332 e. The molecule has 2 aromatic heterocycles. The number of furan rings is 1. The number of urea groups is 1. The fourth-order valence-corrected chi connectivity index (χ4v) is 4.76. The Balaban J connectivity index is 1.40. The quantitative estimate of drug-likeness (QED) is 0.555. The number of imide groups is 1. The number of hydrogen-bond acceptors (Lipinski definition) is 6. The highest BCUT2D eigenvalue weighted by molar-refractivity contribution is 7.12. The van der Waals surface area contributed by atoms with Gasteiger partial charge in [-0.1, -0.05) is 24.3 Å². The Bertz CT molecular complexity index is 1170. The number of para-hydroxylation sites is 1. The third kappa shape index (κ3) is 3.40. The van der Waals surface area contributed by atoms with E-state index in [2.05, 4.69) is 5.10 Å². The van der Waals surface area contributed by atoms with Crippen molar-refractivity contribution in [3.63, 3.8) is 0 Å². The minimum atomic E-state index is -0.692. The van der Waals surface area contributed by atoms with Crippen LogP contribution >= 0.6 is 11.3 Å². The predicted octanol–water partition coefficient (Wildman–Crippen LogP) is 3.88. The number of carbonyl (C=O) groups excluding carboxylic acids is 3. The molecule has 4 heterocycles. The summed E-state index contributed by atoms with van der Waals surface area (Å²) in [6, 6.07) is 14.8. The van der Waals surface area contributed by atoms with E-state index in [1.54, 1.807) is 60.9 Å². The van der Waals surface area contributed by atoms with Crippen LogP contribution in [0.1, 0.15) is 30.0 Å². The van der Waals surface area contributed by atoms with E-state index in [1.807, 2.05) is 23.6 Å². The molecule has 3 aromatic rings. The van der Waals surface area contributed by atoms with E-state index >= 15 is 0 Å². The van der Waals surface area contributed by atoms with Gasteiger partial charge in [-0.15, -0.1) is 11.3 Å². The average Bonchev–Trinajstić information content (AvgIpc) is 3.59. The molecule has 2 atom stereocenters. The molecule has 32 heavy (non-hydrogen) atoms. The summed E-state index contributed by atoms with van der Waals surface area (Å²) < 4.78 is 5.55. The van der Waals surface area contributed by atoms with Crippen molar-refractivity contribution >= 4 is 40.6 Å². The number of hydrazone groups is 1. The van der Waals surface area contributed by atoms with E-state index in [0.29, 0.717) is 17.9 Å². The van der Waals surface area contributed by atoms with Crippen LogP contribution in [0.15, 0.2) is 75.8 Å². The molecule has 2 aliphatic heterocycles. The van der Waals surface area contributed by atoms with Crippen LogP contribution in [0, 0.1) is 0 Å². The van der Waals surface area contributed by atoms with Gasteiger partial charge in [-0.05, 0) is 42.6 Å². The topological polar surface area (TPSA) is 86.4 Å². The molecule has 1 aromatic carbocycles. The third-order valence-corrected chi connectivity index (χ3v) is 6.54. The smallest absolute Gasteiger partial charge is 0.332 e. The van der Waals surface area contributed by atoms with Gasteiger partial charge in [0.2, 0.25) is 0 Å². The van der Waals surface area contributed by atoms with Crippen LogP contribution in [0.4, 0.5) is 10.5 Å². The van der Waals surface area contributed by atoms with Crippen LogP contribution in [-0.4, -0.2) is 46.1 Å². The molecule has 5 rings (SSSR count). The van der Waals surface area contributed by atoms with Crippen molar-refractivity contribution < 1.29 is 18.8 Å². The van der Waals surface area contributed by atoms with Crippen molar-refractivity contribution in [2.75, 3.05) is 11.4 Å². The molecule has 9 heteroatoms. The third-order valence-electron chi connectivity index (χ3n) is 5.62. The summed E-state index contributed by atoms with van der Waals surface area (Å²) in [6.07, 6.45) is 2.04. The number of nitrogens with zero attached hydrogens (tertiary/aromatic N) is 4. The summed E-state index contributed by atoms with van der Waals surface area (Å²) in [4.78, 5) is 42.5. The zero-order valence-corrected chi connectivity index (χ0v) is 18.1. The molecule has 1 saturated heterocycles. The second-order valence-electron chi connectivity index (χ2n) is 7.59. The fraction of sp³-hybridized carbons (Fsp3) is 0.217. The molecule has 2 aliphatic rings. The Hall–Kier alpha value is -3.72. The van der Waals surface area contributed by atoms with Crippen LogP contribution < -0.4 is 4.90 Å². The van der Waals surface area contributed by atoms with Crippen LogP contribution in [0.2, 0.25) is 0 Å². The van der Waals surface area contributed by atoms with Gasteiger partial charge in [0.1, 0.15) is 24.4 Å². The van der Waals surface area contributed by atoms with Crippen molar-refractivity contribution in [1.82, 2.24) is 9.91 Å². The van der Waals surface area contributed by atoms with Crippen LogP contribution in [0.3, 0.4) is 0 Å². The summed E-state index contributed by atoms with van der Waals surface area (Å²) in [7, 11) is 0. The standard InChI is InChI=1S/C23H20N4O4S/c1-15-22(29)25(23(30)26(15)16-7-3-2-4-8-16)14-21(28)27-18(19-9-5-11-31-19)13-17(24-27)20-10-6-12-32-20/h2-12,15,18H,13-14H2,1H3/t15-,18-/m0/s1. The first-order chi connectivity index (χ1) is 15.5. The lowest BCUT2D eigenvalue weighted by molar-refractivity contribution is -0.138. The second-order valence-corrected chi connectivity index (χ2v) is 8.53. The summed E-state index contributed by atoms with van der Waals surface area (Å²) in [5, 5.41) is 7.83. The average molecular weight is 449 g/mol. The molecule has 4 amide bonds. The van der Waals surface area contributed by atoms with E-state index in [-0.39, 0.29) is 6.54 Å². The first-order valence-electron chi connectivity index (χ1n) is 10.2. The molecule has 0 radical (unpaired) electrons. The van der Waals surface area contributed by atoms with Crippen molar-refractivity contribution in [2.45, 2.75) is 25.4 Å². The minimum Gasteiger partial charge on any atom is -0.467 e. The molecule has 0 spiro atoms. The lowest BCUT2D eigenvalue weighted by atomic mass is 10.1. The van der Waals surface area contributed by atoms with Gasteiger partial charge in [-0.3, -0.25) is 19.4 Å². The number of rotatable bonds is 5. The van der Waals surface area contributed by atoms with E-state index < -0.39 is 29.9 Å². The molecule has 0 N–H and O–H groups in total. The molecule has 0 saturated carbocycles. The SMILES string of the molecule is C[C@H]1C(=O)N(CC(=O)N2N=C(c3cccs3)C[C@H]2c2ccco2)C(=O)N1c1ccccc1. The van der Waals surface area contributed by atoms with Crippen molar-refractivity contribution in [1.29, 1.82) is 0 Å². The zero-order chi connectivity index (χ0) is 22.2. The number of hydrogen-bond donors (Lipinski definition) is 0.